The second-order valence-corrected chi connectivity index (χ2v) is 4.73. The van der Waals surface area contributed by atoms with Gasteiger partial charge in [-0.15, -0.1) is 13.2 Å². The summed E-state index contributed by atoms with van der Waals surface area (Å²) in [6.07, 6.45) is -7.62. The van der Waals surface area contributed by atoms with Gasteiger partial charge in [-0.25, -0.2) is 9.50 Å². The first-order chi connectivity index (χ1) is 11.1. The summed E-state index contributed by atoms with van der Waals surface area (Å²) in [5.74, 6) is -0.437. The van der Waals surface area contributed by atoms with Gasteiger partial charge in [-0.05, 0) is 30.3 Å². The first-order valence-electron chi connectivity index (χ1n) is 6.40. The molecule has 3 aromatic rings. The van der Waals surface area contributed by atoms with Crippen molar-refractivity contribution in [3.63, 3.8) is 0 Å². The second-order valence-electron chi connectivity index (χ2n) is 4.73. The van der Waals surface area contributed by atoms with Gasteiger partial charge in [-0.1, -0.05) is 0 Å². The number of benzene rings is 1. The molecule has 24 heavy (non-hydrogen) atoms. The molecule has 0 aliphatic heterocycles. The number of halogens is 6. The van der Waals surface area contributed by atoms with E-state index in [0.29, 0.717) is 11.8 Å². The number of ether oxygens (including phenoxy) is 1. The quantitative estimate of drug-likeness (QED) is 0.649. The highest BCUT2D eigenvalue weighted by Crippen LogP contribution is 2.33. The molecule has 0 atom stereocenters. The Labute approximate surface area is 130 Å². The SMILES string of the molecule is FC(F)(F)Oc1ccc(-c2cc3c(C(F)(F)F)cnn3cn2)cc1. The average Bonchev–Trinajstić information content (AvgIpc) is 2.89. The number of rotatable bonds is 2. The Balaban J connectivity index is 1.97. The lowest BCUT2D eigenvalue weighted by Gasteiger charge is -2.09. The molecule has 0 fully saturated rings. The average molecular weight is 347 g/mol. The molecule has 0 radical (unpaired) electrons. The van der Waals surface area contributed by atoms with Crippen molar-refractivity contribution in [2.75, 3.05) is 0 Å². The Bertz CT molecular complexity index is 867. The predicted molar refractivity (Wildman–Crippen MR) is 70.1 cm³/mol. The van der Waals surface area contributed by atoms with Gasteiger partial charge in [0.2, 0.25) is 0 Å². The van der Waals surface area contributed by atoms with Crippen LogP contribution in [0.3, 0.4) is 0 Å². The van der Waals surface area contributed by atoms with Crippen LogP contribution < -0.4 is 4.74 Å². The van der Waals surface area contributed by atoms with Crippen LogP contribution in [0.2, 0.25) is 0 Å². The fourth-order valence-corrected chi connectivity index (χ4v) is 2.09. The molecule has 2 heterocycles. The van der Waals surface area contributed by atoms with Crippen LogP contribution >= 0.6 is 0 Å². The van der Waals surface area contributed by atoms with Crippen LogP contribution in [0, 0.1) is 0 Å². The highest BCUT2D eigenvalue weighted by atomic mass is 19.4. The van der Waals surface area contributed by atoms with Gasteiger partial charge in [0.15, 0.2) is 0 Å². The van der Waals surface area contributed by atoms with Crippen LogP contribution in [-0.4, -0.2) is 21.0 Å². The van der Waals surface area contributed by atoms with Crippen molar-refractivity contribution in [2.45, 2.75) is 12.5 Å². The molecule has 0 saturated carbocycles. The maximum atomic E-state index is 12.9. The molecule has 2 aromatic heterocycles. The number of hydrogen-bond donors (Lipinski definition) is 0. The molecule has 1 aromatic carbocycles. The Kier molecular flexibility index (Phi) is 3.61. The number of nitrogens with zero attached hydrogens (tertiary/aromatic N) is 3. The predicted octanol–water partition coefficient (Wildman–Crippen LogP) is 4.31. The van der Waals surface area contributed by atoms with E-state index in [9.17, 15) is 26.3 Å². The molecule has 0 aliphatic carbocycles. The third-order valence-corrected chi connectivity index (χ3v) is 3.10. The Morgan fingerprint density at radius 3 is 2.21 bits per heavy atom. The van der Waals surface area contributed by atoms with Gasteiger partial charge in [-0.2, -0.15) is 18.3 Å². The lowest BCUT2D eigenvalue weighted by atomic mass is 10.1. The van der Waals surface area contributed by atoms with E-state index in [1.54, 1.807) is 0 Å². The second kappa shape index (κ2) is 5.39. The lowest BCUT2D eigenvalue weighted by Crippen LogP contribution is -2.16. The van der Waals surface area contributed by atoms with Crippen LogP contribution in [0.4, 0.5) is 26.3 Å². The van der Waals surface area contributed by atoms with Gasteiger partial charge >= 0.3 is 12.5 Å². The molecular weight excluding hydrogens is 340 g/mol. The van der Waals surface area contributed by atoms with Gasteiger partial charge in [0.1, 0.15) is 17.6 Å². The van der Waals surface area contributed by atoms with E-state index >= 15 is 0 Å². The molecule has 0 N–H and O–H groups in total. The van der Waals surface area contributed by atoms with Gasteiger partial charge in [0.25, 0.3) is 0 Å². The minimum atomic E-state index is -4.82. The smallest absolute Gasteiger partial charge is 0.406 e. The Morgan fingerprint density at radius 2 is 1.62 bits per heavy atom. The Hall–Kier alpha value is -2.78. The summed E-state index contributed by atoms with van der Waals surface area (Å²) in [6.45, 7) is 0. The normalized spacial score (nSPS) is 12.6. The molecule has 126 valence electrons. The van der Waals surface area contributed by atoms with Crippen LogP contribution in [0.5, 0.6) is 5.75 Å². The maximum absolute atomic E-state index is 12.9. The lowest BCUT2D eigenvalue weighted by molar-refractivity contribution is -0.274. The highest BCUT2D eigenvalue weighted by Gasteiger charge is 2.34. The molecule has 0 aliphatic rings. The van der Waals surface area contributed by atoms with Crippen molar-refractivity contribution >= 4 is 5.52 Å². The first-order valence-corrected chi connectivity index (χ1v) is 6.40. The summed E-state index contributed by atoms with van der Waals surface area (Å²) in [7, 11) is 0. The van der Waals surface area contributed by atoms with E-state index in [4.69, 9.17) is 0 Å². The van der Waals surface area contributed by atoms with E-state index in [1.165, 1.54) is 12.1 Å². The highest BCUT2D eigenvalue weighted by molar-refractivity contribution is 5.67. The largest absolute Gasteiger partial charge is 0.573 e. The van der Waals surface area contributed by atoms with E-state index in [-0.39, 0.29) is 11.2 Å². The molecule has 0 unspecified atom stereocenters. The van der Waals surface area contributed by atoms with Crippen molar-refractivity contribution in [1.29, 1.82) is 0 Å². The van der Waals surface area contributed by atoms with E-state index < -0.39 is 23.9 Å². The molecule has 0 saturated heterocycles. The van der Waals surface area contributed by atoms with E-state index in [2.05, 4.69) is 14.8 Å². The van der Waals surface area contributed by atoms with Crippen molar-refractivity contribution in [3.05, 3.63) is 48.4 Å². The topological polar surface area (TPSA) is 39.4 Å². The third-order valence-electron chi connectivity index (χ3n) is 3.10. The van der Waals surface area contributed by atoms with Crippen molar-refractivity contribution in [3.8, 4) is 17.0 Å². The molecule has 10 heteroatoms. The summed E-state index contributed by atoms with van der Waals surface area (Å²) >= 11 is 0. The van der Waals surface area contributed by atoms with Crippen LogP contribution in [0.25, 0.3) is 16.8 Å². The van der Waals surface area contributed by atoms with Crippen molar-refractivity contribution in [2.24, 2.45) is 0 Å². The van der Waals surface area contributed by atoms with E-state index in [1.807, 2.05) is 0 Å². The molecule has 3 rings (SSSR count). The van der Waals surface area contributed by atoms with Gasteiger partial charge in [0.05, 0.1) is 17.4 Å². The maximum Gasteiger partial charge on any atom is 0.573 e. The molecule has 0 bridgehead atoms. The zero-order chi connectivity index (χ0) is 17.5. The summed E-state index contributed by atoms with van der Waals surface area (Å²) in [5.41, 5.74) is -0.639. The summed E-state index contributed by atoms with van der Waals surface area (Å²) in [5, 5.41) is 3.56. The number of fused-ring (bicyclic) bond motifs is 1. The van der Waals surface area contributed by atoms with Gasteiger partial charge in [0, 0.05) is 5.56 Å². The molecule has 0 spiro atoms. The number of aromatic nitrogens is 3. The van der Waals surface area contributed by atoms with Gasteiger partial charge < -0.3 is 4.74 Å². The van der Waals surface area contributed by atoms with E-state index in [0.717, 1.165) is 29.0 Å². The number of hydrogen-bond acceptors (Lipinski definition) is 3. The van der Waals surface area contributed by atoms with Crippen molar-refractivity contribution < 1.29 is 31.1 Å². The monoisotopic (exact) mass is 347 g/mol. The fraction of sp³-hybridized carbons (Fsp3) is 0.143. The minimum Gasteiger partial charge on any atom is -0.406 e. The fourth-order valence-electron chi connectivity index (χ4n) is 2.09. The van der Waals surface area contributed by atoms with Crippen LogP contribution in [0.1, 0.15) is 5.56 Å². The zero-order valence-corrected chi connectivity index (χ0v) is 11.6. The van der Waals surface area contributed by atoms with Crippen LogP contribution in [-0.2, 0) is 6.18 Å². The third kappa shape index (κ3) is 3.26. The zero-order valence-electron chi connectivity index (χ0n) is 11.6. The summed E-state index contributed by atoms with van der Waals surface area (Å²) in [4.78, 5) is 3.95. The molecule has 0 amide bonds. The Morgan fingerprint density at radius 1 is 0.958 bits per heavy atom. The first kappa shape index (κ1) is 16.1. The standard InChI is InChI=1S/C14H7F6N3O/c15-13(16,17)10-6-22-23-7-21-11(5-12(10)23)8-1-3-9(4-2-8)24-14(18,19)20/h1-7H. The minimum absolute atomic E-state index is 0.159. The molecular formula is C14H7F6N3O. The molecule has 4 nitrogen and oxygen atoms in total. The summed E-state index contributed by atoms with van der Waals surface area (Å²) in [6, 6.07) is 5.80. The number of alkyl halides is 6. The van der Waals surface area contributed by atoms with Crippen LogP contribution in [0.15, 0.2) is 42.9 Å². The van der Waals surface area contributed by atoms with Crippen molar-refractivity contribution in [1.82, 2.24) is 14.6 Å². The summed E-state index contributed by atoms with van der Waals surface area (Å²) < 4.78 is 79.7. The van der Waals surface area contributed by atoms with Gasteiger partial charge in [-0.3, -0.25) is 0 Å².